The minimum atomic E-state index is 0.362. The highest BCUT2D eigenvalue weighted by Gasteiger charge is 2.12. The van der Waals surface area contributed by atoms with Crippen molar-refractivity contribution in [3.05, 3.63) is 50.6 Å². The Bertz CT molecular complexity index is 509. The number of halogens is 1. The van der Waals surface area contributed by atoms with E-state index in [1.807, 2.05) is 12.1 Å². The molecule has 0 fully saturated rings. The fraction of sp³-hybridized carbons (Fsp3) is 0.333. The number of methoxy groups -OCH3 is 1. The Morgan fingerprint density at radius 2 is 2.05 bits per heavy atom. The standard InChI is InChI=1S/C15H18BrNOS/c1-3-17-14(12-9-15(16)19-10-12)8-11-4-6-13(18-2)7-5-11/h4-7,9-10,14,17H,3,8H2,1-2H3. The highest BCUT2D eigenvalue weighted by Crippen LogP contribution is 2.27. The summed E-state index contributed by atoms with van der Waals surface area (Å²) in [5.74, 6) is 0.905. The molecule has 4 heteroatoms. The van der Waals surface area contributed by atoms with Gasteiger partial charge in [-0.2, -0.15) is 0 Å². The van der Waals surface area contributed by atoms with E-state index in [0.717, 1.165) is 18.7 Å². The summed E-state index contributed by atoms with van der Waals surface area (Å²) in [5, 5.41) is 5.75. The number of nitrogens with one attached hydrogen (secondary N) is 1. The van der Waals surface area contributed by atoms with Crippen molar-refractivity contribution in [2.45, 2.75) is 19.4 Å². The fourth-order valence-corrected chi connectivity index (χ4v) is 3.29. The van der Waals surface area contributed by atoms with Crippen LogP contribution < -0.4 is 10.1 Å². The van der Waals surface area contributed by atoms with Gasteiger partial charge >= 0.3 is 0 Å². The van der Waals surface area contributed by atoms with Crippen molar-refractivity contribution in [2.24, 2.45) is 0 Å². The van der Waals surface area contributed by atoms with Crippen molar-refractivity contribution in [3.8, 4) is 5.75 Å². The third-order valence-electron chi connectivity index (χ3n) is 3.04. The molecule has 1 aromatic carbocycles. The molecule has 1 unspecified atom stereocenters. The second-order valence-corrected chi connectivity index (χ2v) is 6.64. The molecule has 0 aliphatic rings. The Morgan fingerprint density at radius 1 is 1.32 bits per heavy atom. The maximum absolute atomic E-state index is 5.19. The number of thiophene rings is 1. The summed E-state index contributed by atoms with van der Waals surface area (Å²) >= 11 is 5.26. The lowest BCUT2D eigenvalue weighted by Crippen LogP contribution is -2.22. The molecule has 1 heterocycles. The number of rotatable bonds is 6. The summed E-state index contributed by atoms with van der Waals surface area (Å²) in [6.45, 7) is 3.11. The molecule has 0 radical (unpaired) electrons. The Morgan fingerprint density at radius 3 is 2.58 bits per heavy atom. The van der Waals surface area contributed by atoms with E-state index >= 15 is 0 Å². The first-order chi connectivity index (χ1) is 9.22. The van der Waals surface area contributed by atoms with Gasteiger partial charge in [-0.25, -0.2) is 0 Å². The highest BCUT2D eigenvalue weighted by molar-refractivity contribution is 9.11. The van der Waals surface area contributed by atoms with Crippen LogP contribution in [0.1, 0.15) is 24.1 Å². The van der Waals surface area contributed by atoms with E-state index in [1.165, 1.54) is 14.9 Å². The number of benzene rings is 1. The van der Waals surface area contributed by atoms with Gasteiger partial charge in [-0.1, -0.05) is 19.1 Å². The molecule has 2 nitrogen and oxygen atoms in total. The van der Waals surface area contributed by atoms with Gasteiger partial charge in [0.1, 0.15) is 5.75 Å². The quantitative estimate of drug-likeness (QED) is 0.841. The minimum Gasteiger partial charge on any atom is -0.497 e. The first-order valence-electron chi connectivity index (χ1n) is 6.33. The summed E-state index contributed by atoms with van der Waals surface area (Å²) in [7, 11) is 1.69. The molecule has 1 N–H and O–H groups in total. The van der Waals surface area contributed by atoms with E-state index < -0.39 is 0 Å². The monoisotopic (exact) mass is 339 g/mol. The molecule has 2 rings (SSSR count). The normalized spacial score (nSPS) is 12.4. The van der Waals surface area contributed by atoms with Crippen molar-refractivity contribution in [1.29, 1.82) is 0 Å². The van der Waals surface area contributed by atoms with Crippen molar-refractivity contribution in [1.82, 2.24) is 5.32 Å². The van der Waals surface area contributed by atoms with Crippen LogP contribution in [0.3, 0.4) is 0 Å². The lowest BCUT2D eigenvalue weighted by atomic mass is 10.0. The lowest BCUT2D eigenvalue weighted by Gasteiger charge is -2.17. The van der Waals surface area contributed by atoms with Gasteiger partial charge in [-0.05, 0) is 63.6 Å². The Hall–Kier alpha value is -0.840. The predicted octanol–water partition coefficient (Wildman–Crippen LogP) is 4.41. The Balaban J connectivity index is 2.11. The van der Waals surface area contributed by atoms with Crippen LogP contribution in [-0.2, 0) is 6.42 Å². The maximum Gasteiger partial charge on any atom is 0.118 e. The van der Waals surface area contributed by atoms with Gasteiger partial charge in [0.05, 0.1) is 10.9 Å². The zero-order valence-electron chi connectivity index (χ0n) is 11.2. The number of ether oxygens (including phenoxy) is 1. The van der Waals surface area contributed by atoms with E-state index in [1.54, 1.807) is 18.4 Å². The largest absolute Gasteiger partial charge is 0.497 e. The summed E-state index contributed by atoms with van der Waals surface area (Å²) in [4.78, 5) is 0. The predicted molar refractivity (Wildman–Crippen MR) is 85.1 cm³/mol. The molecule has 1 atom stereocenters. The van der Waals surface area contributed by atoms with Crippen LogP contribution in [-0.4, -0.2) is 13.7 Å². The molecule has 0 bridgehead atoms. The van der Waals surface area contributed by atoms with Crippen molar-refractivity contribution >= 4 is 27.3 Å². The first-order valence-corrected chi connectivity index (χ1v) is 8.00. The van der Waals surface area contributed by atoms with Crippen molar-refractivity contribution in [3.63, 3.8) is 0 Å². The van der Waals surface area contributed by atoms with E-state index in [4.69, 9.17) is 4.74 Å². The topological polar surface area (TPSA) is 21.3 Å². The smallest absolute Gasteiger partial charge is 0.118 e. The molecule has 0 amide bonds. The van der Waals surface area contributed by atoms with Gasteiger partial charge in [0.2, 0.25) is 0 Å². The van der Waals surface area contributed by atoms with Crippen LogP contribution in [0, 0.1) is 0 Å². The van der Waals surface area contributed by atoms with Gasteiger partial charge in [0.15, 0.2) is 0 Å². The third kappa shape index (κ3) is 4.06. The second-order valence-electron chi connectivity index (χ2n) is 4.35. The average molecular weight is 340 g/mol. The zero-order chi connectivity index (χ0) is 13.7. The summed E-state index contributed by atoms with van der Waals surface area (Å²) in [5.41, 5.74) is 2.66. The molecule has 0 spiro atoms. The van der Waals surface area contributed by atoms with Gasteiger partial charge in [-0.3, -0.25) is 0 Å². The maximum atomic E-state index is 5.19. The molecule has 2 aromatic rings. The second kappa shape index (κ2) is 7.08. The van der Waals surface area contributed by atoms with Crippen LogP contribution in [0.25, 0.3) is 0 Å². The zero-order valence-corrected chi connectivity index (χ0v) is 13.6. The fourth-order valence-electron chi connectivity index (χ4n) is 2.06. The first kappa shape index (κ1) is 14.6. The highest BCUT2D eigenvalue weighted by atomic mass is 79.9. The van der Waals surface area contributed by atoms with Crippen LogP contribution in [0.5, 0.6) is 5.75 Å². The van der Waals surface area contributed by atoms with Crippen molar-refractivity contribution in [2.75, 3.05) is 13.7 Å². The van der Waals surface area contributed by atoms with Crippen molar-refractivity contribution < 1.29 is 4.74 Å². The summed E-state index contributed by atoms with van der Waals surface area (Å²) in [6, 6.07) is 10.8. The molecule has 0 saturated heterocycles. The number of hydrogen-bond acceptors (Lipinski definition) is 3. The average Bonchev–Trinajstić information content (AvgIpc) is 2.86. The van der Waals surface area contributed by atoms with Gasteiger partial charge in [0, 0.05) is 6.04 Å². The molecule has 19 heavy (non-hydrogen) atoms. The van der Waals surface area contributed by atoms with Crippen LogP contribution in [0.4, 0.5) is 0 Å². The molecule has 0 saturated carbocycles. The molecule has 0 aliphatic carbocycles. The van der Waals surface area contributed by atoms with Crippen LogP contribution >= 0.6 is 27.3 Å². The minimum absolute atomic E-state index is 0.362. The third-order valence-corrected chi connectivity index (χ3v) is 4.56. The molecular weight excluding hydrogens is 322 g/mol. The van der Waals surface area contributed by atoms with Gasteiger partial charge < -0.3 is 10.1 Å². The molecule has 1 aromatic heterocycles. The SMILES string of the molecule is CCNC(Cc1ccc(OC)cc1)c1csc(Br)c1. The summed E-state index contributed by atoms with van der Waals surface area (Å²) < 4.78 is 6.37. The number of likely N-dealkylation sites (N-methyl/N-ethyl adjacent to an activating group) is 1. The Kier molecular flexibility index (Phi) is 5.43. The molecular formula is C15H18BrNOS. The van der Waals surface area contributed by atoms with E-state index in [2.05, 4.69) is 51.7 Å². The Labute approximate surface area is 126 Å². The molecule has 0 aliphatic heterocycles. The number of hydrogen-bond donors (Lipinski definition) is 1. The van der Waals surface area contributed by atoms with Gasteiger partial charge in [0.25, 0.3) is 0 Å². The van der Waals surface area contributed by atoms with Crippen LogP contribution in [0.15, 0.2) is 39.5 Å². The summed E-state index contributed by atoms with van der Waals surface area (Å²) in [6.07, 6.45) is 0.987. The van der Waals surface area contributed by atoms with E-state index in [9.17, 15) is 0 Å². The molecule has 102 valence electrons. The lowest BCUT2D eigenvalue weighted by molar-refractivity contribution is 0.414. The van der Waals surface area contributed by atoms with E-state index in [0.29, 0.717) is 6.04 Å². The van der Waals surface area contributed by atoms with Crippen LogP contribution in [0.2, 0.25) is 0 Å². The van der Waals surface area contributed by atoms with E-state index in [-0.39, 0.29) is 0 Å². The van der Waals surface area contributed by atoms with Gasteiger partial charge in [-0.15, -0.1) is 11.3 Å².